The van der Waals surface area contributed by atoms with Crippen molar-refractivity contribution in [2.75, 3.05) is 11.9 Å². The van der Waals surface area contributed by atoms with Crippen LogP contribution in [0.2, 0.25) is 0 Å². The van der Waals surface area contributed by atoms with Crippen LogP contribution in [-0.4, -0.2) is 17.8 Å². The van der Waals surface area contributed by atoms with Crippen LogP contribution in [0.25, 0.3) is 11.1 Å². The Morgan fingerprint density at radius 1 is 1.00 bits per heavy atom. The molecule has 2 aromatic carbocycles. The SMILES string of the molecule is CCCNC(=O)C1(CCCCBr)c2ccccc2-c2ccccc21. The molecule has 1 aliphatic carbocycles. The predicted molar refractivity (Wildman–Crippen MR) is 104 cm³/mol. The molecule has 1 N–H and O–H groups in total. The molecular weight excluding hydrogens is 362 g/mol. The predicted octanol–water partition coefficient (Wildman–Crippen LogP) is 5.04. The summed E-state index contributed by atoms with van der Waals surface area (Å²) in [5, 5.41) is 4.15. The summed E-state index contributed by atoms with van der Waals surface area (Å²) >= 11 is 3.52. The smallest absolute Gasteiger partial charge is 0.235 e. The van der Waals surface area contributed by atoms with Gasteiger partial charge in [-0.1, -0.05) is 77.8 Å². The third kappa shape index (κ3) is 2.79. The van der Waals surface area contributed by atoms with Crippen LogP contribution in [0.3, 0.4) is 0 Å². The number of carbonyl (C=O) groups excluding carboxylic acids is 1. The minimum atomic E-state index is -0.551. The maximum absolute atomic E-state index is 13.3. The highest BCUT2D eigenvalue weighted by Gasteiger charge is 2.48. The summed E-state index contributed by atoms with van der Waals surface area (Å²) in [6.45, 7) is 2.82. The third-order valence-corrected chi connectivity index (χ3v) is 5.48. The van der Waals surface area contributed by atoms with Gasteiger partial charge < -0.3 is 5.32 Å². The Bertz CT molecular complexity index is 680. The lowest BCUT2D eigenvalue weighted by Gasteiger charge is -2.31. The molecule has 0 saturated carbocycles. The van der Waals surface area contributed by atoms with E-state index in [1.54, 1.807) is 0 Å². The maximum atomic E-state index is 13.3. The Hall–Kier alpha value is -1.61. The molecule has 0 atom stereocenters. The lowest BCUT2D eigenvalue weighted by atomic mass is 9.73. The summed E-state index contributed by atoms with van der Waals surface area (Å²) in [7, 11) is 0. The molecule has 0 fully saturated rings. The van der Waals surface area contributed by atoms with E-state index in [9.17, 15) is 4.79 Å². The van der Waals surface area contributed by atoms with Crippen LogP contribution in [0.5, 0.6) is 0 Å². The summed E-state index contributed by atoms with van der Waals surface area (Å²) in [5.74, 6) is 0.149. The molecule has 0 aliphatic heterocycles. The number of alkyl halides is 1. The van der Waals surface area contributed by atoms with Crippen molar-refractivity contribution in [3.05, 3.63) is 59.7 Å². The zero-order valence-electron chi connectivity index (χ0n) is 14.1. The van der Waals surface area contributed by atoms with E-state index >= 15 is 0 Å². The number of halogens is 1. The second-order valence-corrected chi connectivity index (χ2v) is 7.19. The van der Waals surface area contributed by atoms with E-state index in [0.717, 1.165) is 48.7 Å². The molecule has 0 heterocycles. The van der Waals surface area contributed by atoms with E-state index in [1.807, 2.05) is 0 Å². The van der Waals surface area contributed by atoms with Gasteiger partial charge in [0.05, 0.1) is 0 Å². The first-order chi connectivity index (χ1) is 11.8. The average Bonchev–Trinajstić information content (AvgIpc) is 2.92. The van der Waals surface area contributed by atoms with Crippen molar-refractivity contribution in [3.63, 3.8) is 0 Å². The van der Waals surface area contributed by atoms with Crippen molar-refractivity contribution in [2.45, 2.75) is 38.0 Å². The Morgan fingerprint density at radius 2 is 1.58 bits per heavy atom. The monoisotopic (exact) mass is 385 g/mol. The number of carbonyl (C=O) groups is 1. The Morgan fingerprint density at radius 3 is 2.12 bits per heavy atom. The lowest BCUT2D eigenvalue weighted by Crippen LogP contribution is -2.44. The van der Waals surface area contributed by atoms with Gasteiger partial charge in [-0.25, -0.2) is 0 Å². The molecule has 0 bridgehead atoms. The number of rotatable bonds is 7. The standard InChI is InChI=1S/C21H24BrNO/c1-2-15-23-20(24)21(13-7-8-14-22)18-11-5-3-9-16(18)17-10-4-6-12-19(17)21/h3-6,9-12H,2,7-8,13-15H2,1H3,(H,23,24). The Labute approximate surface area is 152 Å². The van der Waals surface area contributed by atoms with Gasteiger partial charge >= 0.3 is 0 Å². The quantitative estimate of drug-likeness (QED) is 0.524. The van der Waals surface area contributed by atoms with Crippen LogP contribution in [-0.2, 0) is 10.2 Å². The topological polar surface area (TPSA) is 29.1 Å². The molecule has 1 aliphatic rings. The van der Waals surface area contributed by atoms with Crippen molar-refractivity contribution in [2.24, 2.45) is 0 Å². The molecule has 126 valence electrons. The molecule has 24 heavy (non-hydrogen) atoms. The van der Waals surface area contributed by atoms with Crippen LogP contribution in [0, 0.1) is 0 Å². The number of hydrogen-bond acceptors (Lipinski definition) is 1. The average molecular weight is 386 g/mol. The first-order valence-electron chi connectivity index (χ1n) is 8.79. The highest BCUT2D eigenvalue weighted by molar-refractivity contribution is 9.09. The third-order valence-electron chi connectivity index (χ3n) is 4.92. The van der Waals surface area contributed by atoms with Crippen molar-refractivity contribution in [3.8, 4) is 11.1 Å². The highest BCUT2D eigenvalue weighted by atomic mass is 79.9. The summed E-state index contributed by atoms with van der Waals surface area (Å²) in [5.41, 5.74) is 4.19. The van der Waals surface area contributed by atoms with E-state index in [-0.39, 0.29) is 5.91 Å². The van der Waals surface area contributed by atoms with Gasteiger partial charge in [0, 0.05) is 11.9 Å². The summed E-state index contributed by atoms with van der Waals surface area (Å²) in [4.78, 5) is 13.3. The fourth-order valence-corrected chi connectivity index (χ4v) is 4.22. The van der Waals surface area contributed by atoms with Gasteiger partial charge in [0.2, 0.25) is 5.91 Å². The molecule has 2 aromatic rings. The number of fused-ring (bicyclic) bond motifs is 3. The second kappa shape index (κ2) is 7.52. The number of nitrogens with one attached hydrogen (secondary N) is 1. The molecule has 0 unspecified atom stereocenters. The fraction of sp³-hybridized carbons (Fsp3) is 0.381. The Balaban J connectivity index is 2.14. The van der Waals surface area contributed by atoms with Crippen LogP contribution in [0.4, 0.5) is 0 Å². The number of unbranched alkanes of at least 4 members (excludes halogenated alkanes) is 1. The summed E-state index contributed by atoms with van der Waals surface area (Å²) in [6, 6.07) is 16.8. The van der Waals surface area contributed by atoms with E-state index < -0.39 is 5.41 Å². The maximum Gasteiger partial charge on any atom is 0.235 e. The first kappa shape index (κ1) is 17.2. The van der Waals surface area contributed by atoms with Crippen molar-refractivity contribution < 1.29 is 4.79 Å². The molecule has 1 amide bonds. The summed E-state index contributed by atoms with van der Waals surface area (Å²) < 4.78 is 0. The molecule has 0 saturated heterocycles. The number of benzene rings is 2. The van der Waals surface area contributed by atoms with E-state index in [2.05, 4.69) is 76.7 Å². The van der Waals surface area contributed by atoms with Crippen LogP contribution < -0.4 is 5.32 Å². The van der Waals surface area contributed by atoms with Crippen LogP contribution in [0.1, 0.15) is 43.7 Å². The number of amides is 1. The van der Waals surface area contributed by atoms with Crippen molar-refractivity contribution >= 4 is 21.8 Å². The zero-order valence-corrected chi connectivity index (χ0v) is 15.7. The molecule has 3 rings (SSSR count). The van der Waals surface area contributed by atoms with Gasteiger partial charge in [0.15, 0.2) is 0 Å². The van der Waals surface area contributed by atoms with Crippen LogP contribution in [0.15, 0.2) is 48.5 Å². The highest BCUT2D eigenvalue weighted by Crippen LogP contribution is 2.51. The van der Waals surface area contributed by atoms with E-state index in [0.29, 0.717) is 0 Å². The summed E-state index contributed by atoms with van der Waals surface area (Å²) in [6.07, 6.45) is 3.90. The van der Waals surface area contributed by atoms with Gasteiger partial charge in [0.25, 0.3) is 0 Å². The van der Waals surface area contributed by atoms with E-state index in [4.69, 9.17) is 0 Å². The number of hydrogen-bond donors (Lipinski definition) is 1. The molecule has 3 heteroatoms. The Kier molecular flexibility index (Phi) is 5.40. The zero-order chi connectivity index (χ0) is 17.0. The first-order valence-corrected chi connectivity index (χ1v) is 9.91. The van der Waals surface area contributed by atoms with Gasteiger partial charge in [-0.15, -0.1) is 0 Å². The lowest BCUT2D eigenvalue weighted by molar-refractivity contribution is -0.125. The molecule has 0 aromatic heterocycles. The van der Waals surface area contributed by atoms with Gasteiger partial charge in [-0.3, -0.25) is 4.79 Å². The van der Waals surface area contributed by atoms with Gasteiger partial charge in [0.1, 0.15) is 5.41 Å². The fourth-order valence-electron chi connectivity index (χ4n) is 3.83. The van der Waals surface area contributed by atoms with Crippen molar-refractivity contribution in [1.82, 2.24) is 5.32 Å². The molecule has 0 spiro atoms. The normalized spacial score (nSPS) is 14.1. The minimum absolute atomic E-state index is 0.149. The van der Waals surface area contributed by atoms with E-state index in [1.165, 1.54) is 11.1 Å². The molecule has 0 radical (unpaired) electrons. The van der Waals surface area contributed by atoms with Crippen molar-refractivity contribution in [1.29, 1.82) is 0 Å². The van der Waals surface area contributed by atoms with Gasteiger partial charge in [-0.05, 0) is 41.5 Å². The van der Waals surface area contributed by atoms with Crippen LogP contribution >= 0.6 is 15.9 Å². The minimum Gasteiger partial charge on any atom is -0.355 e. The van der Waals surface area contributed by atoms with Gasteiger partial charge in [-0.2, -0.15) is 0 Å². The molecular formula is C21H24BrNO. The largest absolute Gasteiger partial charge is 0.355 e. The second-order valence-electron chi connectivity index (χ2n) is 6.40. The molecule has 2 nitrogen and oxygen atoms in total.